The fourth-order valence-corrected chi connectivity index (χ4v) is 4.00. The number of benzene rings is 2. The zero-order chi connectivity index (χ0) is 21.8. The van der Waals surface area contributed by atoms with E-state index in [2.05, 4.69) is 46.4 Å². The van der Waals surface area contributed by atoms with Crippen LogP contribution >= 0.6 is 0 Å². The van der Waals surface area contributed by atoms with Gasteiger partial charge in [-0.05, 0) is 44.6 Å². The van der Waals surface area contributed by atoms with E-state index in [9.17, 15) is 0 Å². The van der Waals surface area contributed by atoms with Gasteiger partial charge in [-0.3, -0.25) is 0 Å². The van der Waals surface area contributed by atoms with E-state index in [0.717, 1.165) is 49.2 Å². The van der Waals surface area contributed by atoms with Crippen LogP contribution in [-0.4, -0.2) is 62.3 Å². The molecule has 0 spiro atoms. The van der Waals surface area contributed by atoms with Crippen molar-refractivity contribution in [1.29, 1.82) is 0 Å². The Hall–Kier alpha value is -3.06. The van der Waals surface area contributed by atoms with Gasteiger partial charge in [0.25, 0.3) is 0 Å². The number of methoxy groups -OCH3 is 2. The molecule has 3 aromatic rings. The summed E-state index contributed by atoms with van der Waals surface area (Å²) in [5.41, 5.74) is 2.05. The molecule has 1 N–H and O–H groups in total. The van der Waals surface area contributed by atoms with Gasteiger partial charge in [0.05, 0.1) is 19.7 Å². The molecule has 0 amide bonds. The molecule has 2 aromatic carbocycles. The predicted molar refractivity (Wildman–Crippen MR) is 125 cm³/mol. The smallest absolute Gasteiger partial charge is 0.227 e. The van der Waals surface area contributed by atoms with Gasteiger partial charge in [0, 0.05) is 31.1 Å². The maximum atomic E-state index is 5.53. The molecule has 1 aliphatic rings. The zero-order valence-electron chi connectivity index (χ0n) is 18.8. The van der Waals surface area contributed by atoms with E-state index in [1.807, 2.05) is 25.2 Å². The highest BCUT2D eigenvalue weighted by molar-refractivity contribution is 5.93. The quantitative estimate of drug-likeness (QED) is 0.623. The largest absolute Gasteiger partial charge is 0.493 e. The molecule has 0 saturated carbocycles. The van der Waals surface area contributed by atoms with Crippen LogP contribution in [0.3, 0.4) is 0 Å². The van der Waals surface area contributed by atoms with Gasteiger partial charge in [-0.15, -0.1) is 0 Å². The van der Waals surface area contributed by atoms with Gasteiger partial charge in [0.1, 0.15) is 5.82 Å². The lowest BCUT2D eigenvalue weighted by Gasteiger charge is -2.30. The summed E-state index contributed by atoms with van der Waals surface area (Å²) in [7, 11) is 7.49. The number of nitrogens with zero attached hydrogens (tertiary/aromatic N) is 4. The fourth-order valence-electron chi connectivity index (χ4n) is 4.00. The lowest BCUT2D eigenvalue weighted by molar-refractivity contribution is 0.264. The summed E-state index contributed by atoms with van der Waals surface area (Å²) >= 11 is 0. The molecular formula is C24H31N5O2. The number of anilines is 2. The van der Waals surface area contributed by atoms with Crippen LogP contribution in [0, 0.1) is 0 Å². The van der Waals surface area contributed by atoms with Gasteiger partial charge >= 0.3 is 0 Å². The highest BCUT2D eigenvalue weighted by atomic mass is 16.5. The number of rotatable bonds is 7. The van der Waals surface area contributed by atoms with Crippen LogP contribution in [0.2, 0.25) is 0 Å². The number of hydrogen-bond acceptors (Lipinski definition) is 7. The molecular weight excluding hydrogens is 390 g/mol. The Labute approximate surface area is 184 Å². The predicted octanol–water partition coefficient (Wildman–Crippen LogP) is 3.79. The van der Waals surface area contributed by atoms with Gasteiger partial charge in [-0.2, -0.15) is 4.98 Å². The number of hydrogen-bond donors (Lipinski definition) is 1. The number of aromatic nitrogens is 2. The summed E-state index contributed by atoms with van der Waals surface area (Å²) < 4.78 is 11.1. The number of nitrogens with one attached hydrogen (secondary N) is 1. The second-order valence-electron chi connectivity index (χ2n) is 8.16. The van der Waals surface area contributed by atoms with Crippen molar-refractivity contribution in [2.45, 2.75) is 25.4 Å². The highest BCUT2D eigenvalue weighted by Gasteiger charge is 2.20. The van der Waals surface area contributed by atoms with E-state index in [-0.39, 0.29) is 0 Å². The van der Waals surface area contributed by atoms with E-state index in [1.165, 1.54) is 5.56 Å². The van der Waals surface area contributed by atoms with Crippen LogP contribution in [0.4, 0.5) is 11.8 Å². The first kappa shape index (κ1) is 21.2. The monoisotopic (exact) mass is 421 g/mol. The lowest BCUT2D eigenvalue weighted by atomic mass is 10.1. The van der Waals surface area contributed by atoms with Crippen LogP contribution in [-0.2, 0) is 6.54 Å². The number of ether oxygens (including phenoxy) is 2. The molecule has 0 unspecified atom stereocenters. The molecule has 0 aliphatic carbocycles. The standard InChI is InChI=1S/C24H31N5O2/c1-28-12-10-18(11-13-28)25-23-19-14-21(30-3)22(31-4)15-20(19)26-24(27-23)29(2)16-17-8-6-5-7-9-17/h5-9,14-15,18H,10-13,16H2,1-4H3,(H,25,26,27). The maximum Gasteiger partial charge on any atom is 0.227 e. The van der Waals surface area contributed by atoms with Crippen molar-refractivity contribution in [3.63, 3.8) is 0 Å². The first-order chi connectivity index (χ1) is 15.1. The van der Waals surface area contributed by atoms with Gasteiger partial charge in [-0.1, -0.05) is 30.3 Å². The van der Waals surface area contributed by atoms with Crippen molar-refractivity contribution in [2.75, 3.05) is 51.6 Å². The highest BCUT2D eigenvalue weighted by Crippen LogP contribution is 2.35. The Morgan fingerprint density at radius 2 is 1.71 bits per heavy atom. The van der Waals surface area contributed by atoms with Gasteiger partial charge in [0.15, 0.2) is 11.5 Å². The Balaban J connectivity index is 1.72. The average molecular weight is 422 g/mol. The van der Waals surface area contributed by atoms with Crippen molar-refractivity contribution >= 4 is 22.7 Å². The topological polar surface area (TPSA) is 62.8 Å². The summed E-state index contributed by atoms with van der Waals surface area (Å²) in [6.45, 7) is 2.89. The molecule has 7 nitrogen and oxygen atoms in total. The Kier molecular flexibility index (Phi) is 6.42. The molecule has 2 heterocycles. The number of fused-ring (bicyclic) bond motifs is 1. The second kappa shape index (κ2) is 9.39. The first-order valence-corrected chi connectivity index (χ1v) is 10.7. The second-order valence-corrected chi connectivity index (χ2v) is 8.16. The van der Waals surface area contributed by atoms with E-state index in [4.69, 9.17) is 19.4 Å². The molecule has 1 aromatic heterocycles. The minimum Gasteiger partial charge on any atom is -0.493 e. The summed E-state index contributed by atoms with van der Waals surface area (Å²) in [4.78, 5) is 14.2. The van der Waals surface area contributed by atoms with E-state index < -0.39 is 0 Å². The van der Waals surface area contributed by atoms with Gasteiger partial charge in [-0.25, -0.2) is 4.98 Å². The molecule has 1 aliphatic heterocycles. The van der Waals surface area contributed by atoms with E-state index >= 15 is 0 Å². The number of piperidine rings is 1. The van der Waals surface area contributed by atoms with E-state index in [1.54, 1.807) is 14.2 Å². The third kappa shape index (κ3) is 4.82. The van der Waals surface area contributed by atoms with E-state index in [0.29, 0.717) is 23.5 Å². The van der Waals surface area contributed by atoms with Crippen LogP contribution in [0.1, 0.15) is 18.4 Å². The third-order valence-corrected chi connectivity index (χ3v) is 5.85. The Morgan fingerprint density at radius 3 is 2.39 bits per heavy atom. The Bertz CT molecular complexity index is 1020. The van der Waals surface area contributed by atoms with Crippen LogP contribution in [0.15, 0.2) is 42.5 Å². The van der Waals surface area contributed by atoms with Crippen molar-refractivity contribution in [2.24, 2.45) is 0 Å². The van der Waals surface area contributed by atoms with Crippen LogP contribution in [0.25, 0.3) is 10.9 Å². The number of likely N-dealkylation sites (tertiary alicyclic amines) is 1. The molecule has 0 bridgehead atoms. The zero-order valence-corrected chi connectivity index (χ0v) is 18.8. The molecule has 1 saturated heterocycles. The SMILES string of the molecule is COc1cc2nc(N(C)Cc3ccccc3)nc(NC3CCN(C)CC3)c2cc1OC. The minimum absolute atomic E-state index is 0.384. The van der Waals surface area contributed by atoms with Crippen molar-refractivity contribution < 1.29 is 9.47 Å². The van der Waals surface area contributed by atoms with Gasteiger partial charge < -0.3 is 24.6 Å². The van der Waals surface area contributed by atoms with Crippen molar-refractivity contribution in [3.05, 3.63) is 48.0 Å². The molecule has 4 rings (SSSR count). The first-order valence-electron chi connectivity index (χ1n) is 10.7. The summed E-state index contributed by atoms with van der Waals surface area (Å²) in [6, 6.07) is 14.6. The third-order valence-electron chi connectivity index (χ3n) is 5.85. The van der Waals surface area contributed by atoms with Crippen LogP contribution in [0.5, 0.6) is 11.5 Å². The molecule has 164 valence electrons. The van der Waals surface area contributed by atoms with Crippen molar-refractivity contribution in [3.8, 4) is 11.5 Å². The summed E-state index contributed by atoms with van der Waals surface area (Å²) in [6.07, 6.45) is 2.18. The Morgan fingerprint density at radius 1 is 1.03 bits per heavy atom. The minimum atomic E-state index is 0.384. The van der Waals surface area contributed by atoms with Gasteiger partial charge in [0.2, 0.25) is 5.95 Å². The molecule has 31 heavy (non-hydrogen) atoms. The summed E-state index contributed by atoms with van der Waals surface area (Å²) in [5.74, 6) is 2.86. The fraction of sp³-hybridized carbons (Fsp3) is 0.417. The van der Waals surface area contributed by atoms with Crippen molar-refractivity contribution in [1.82, 2.24) is 14.9 Å². The van der Waals surface area contributed by atoms with Crippen LogP contribution < -0.4 is 19.7 Å². The summed E-state index contributed by atoms with van der Waals surface area (Å²) in [5, 5.41) is 4.63. The maximum absolute atomic E-state index is 5.53. The molecule has 0 radical (unpaired) electrons. The molecule has 0 atom stereocenters. The average Bonchev–Trinajstić information content (AvgIpc) is 2.80. The molecule has 7 heteroatoms. The molecule has 1 fully saturated rings. The normalized spacial score (nSPS) is 15.1. The lowest BCUT2D eigenvalue weighted by Crippen LogP contribution is -2.37.